The van der Waals surface area contributed by atoms with Gasteiger partial charge in [0.2, 0.25) is 0 Å². The Labute approximate surface area is 102 Å². The van der Waals surface area contributed by atoms with E-state index in [4.69, 9.17) is 4.74 Å². The minimum atomic E-state index is -0.290. The summed E-state index contributed by atoms with van der Waals surface area (Å²) in [6.07, 6.45) is 2.47. The first-order valence-electron chi connectivity index (χ1n) is 6.25. The minimum absolute atomic E-state index is 0.192. The highest BCUT2D eigenvalue weighted by Gasteiger charge is 2.35. The van der Waals surface area contributed by atoms with Crippen molar-refractivity contribution in [2.24, 2.45) is 5.92 Å². The molecule has 2 rings (SSSR count). The molecule has 1 N–H and O–H groups in total. The first-order chi connectivity index (χ1) is 8.15. The molecule has 3 atom stereocenters. The Morgan fingerprint density at radius 3 is 2.82 bits per heavy atom. The zero-order valence-electron chi connectivity index (χ0n) is 10.7. The van der Waals surface area contributed by atoms with Crippen molar-refractivity contribution in [2.75, 3.05) is 7.11 Å². The molecule has 1 aliphatic carbocycles. The summed E-state index contributed by atoms with van der Waals surface area (Å²) in [5.74, 6) is 0.820. The van der Waals surface area contributed by atoms with E-state index in [1.165, 1.54) is 20.0 Å². The average Bonchev–Trinajstić information content (AvgIpc) is 3.07. The molecule has 1 aromatic rings. The van der Waals surface area contributed by atoms with Gasteiger partial charge in [-0.15, -0.1) is 0 Å². The normalized spacial score (nSPS) is 24.5. The van der Waals surface area contributed by atoms with Gasteiger partial charge in [0.1, 0.15) is 0 Å². The number of halogens is 1. The molecule has 3 unspecified atom stereocenters. The van der Waals surface area contributed by atoms with Gasteiger partial charge in [-0.25, -0.2) is 4.39 Å². The highest BCUT2D eigenvalue weighted by atomic mass is 19.1. The monoisotopic (exact) mass is 237 g/mol. The standard InChI is InChI=1S/C14H20FNO/c1-4-10-8-13(10)16-9(2)11-5-6-14(17-3)12(15)7-11/h5-7,9-10,13,16H,4,8H2,1-3H3. The number of rotatable bonds is 5. The largest absolute Gasteiger partial charge is 0.494 e. The van der Waals surface area contributed by atoms with E-state index >= 15 is 0 Å². The predicted molar refractivity (Wildman–Crippen MR) is 66.7 cm³/mol. The lowest BCUT2D eigenvalue weighted by molar-refractivity contribution is 0.385. The van der Waals surface area contributed by atoms with Crippen LogP contribution in [0.2, 0.25) is 0 Å². The molecule has 17 heavy (non-hydrogen) atoms. The van der Waals surface area contributed by atoms with Crippen LogP contribution in [0.15, 0.2) is 18.2 Å². The first kappa shape index (κ1) is 12.4. The van der Waals surface area contributed by atoms with Gasteiger partial charge in [0.15, 0.2) is 11.6 Å². The van der Waals surface area contributed by atoms with Crippen molar-refractivity contribution in [1.82, 2.24) is 5.32 Å². The molecule has 3 heteroatoms. The smallest absolute Gasteiger partial charge is 0.165 e. The molecular formula is C14H20FNO. The minimum Gasteiger partial charge on any atom is -0.494 e. The summed E-state index contributed by atoms with van der Waals surface area (Å²) in [5, 5.41) is 3.53. The van der Waals surface area contributed by atoms with Crippen LogP contribution in [0.25, 0.3) is 0 Å². The second-order valence-corrected chi connectivity index (χ2v) is 4.79. The SMILES string of the molecule is CCC1CC1NC(C)c1ccc(OC)c(F)c1. The number of methoxy groups -OCH3 is 1. The Hall–Kier alpha value is -1.09. The van der Waals surface area contributed by atoms with Crippen LogP contribution < -0.4 is 10.1 Å². The third kappa shape index (κ3) is 2.78. The van der Waals surface area contributed by atoms with Crippen LogP contribution in [-0.2, 0) is 0 Å². The number of benzene rings is 1. The molecule has 0 heterocycles. The lowest BCUT2D eigenvalue weighted by Crippen LogP contribution is -2.22. The summed E-state index contributed by atoms with van der Waals surface area (Å²) in [6.45, 7) is 4.29. The molecule has 1 aliphatic rings. The van der Waals surface area contributed by atoms with Gasteiger partial charge in [0.25, 0.3) is 0 Å². The third-order valence-corrected chi connectivity index (χ3v) is 3.59. The first-order valence-corrected chi connectivity index (χ1v) is 6.25. The molecule has 1 fully saturated rings. The number of hydrogen-bond donors (Lipinski definition) is 1. The van der Waals surface area contributed by atoms with Crippen molar-refractivity contribution in [1.29, 1.82) is 0 Å². The van der Waals surface area contributed by atoms with Gasteiger partial charge in [-0.3, -0.25) is 0 Å². The van der Waals surface area contributed by atoms with Crippen molar-refractivity contribution in [2.45, 2.75) is 38.8 Å². The van der Waals surface area contributed by atoms with Crippen molar-refractivity contribution in [3.8, 4) is 5.75 Å². The average molecular weight is 237 g/mol. The molecule has 0 radical (unpaired) electrons. The fraction of sp³-hybridized carbons (Fsp3) is 0.571. The van der Waals surface area contributed by atoms with Gasteiger partial charge in [0.05, 0.1) is 7.11 Å². The maximum atomic E-state index is 13.6. The summed E-state index contributed by atoms with van der Waals surface area (Å²) >= 11 is 0. The van der Waals surface area contributed by atoms with Crippen molar-refractivity contribution < 1.29 is 9.13 Å². The van der Waals surface area contributed by atoms with Crippen LogP contribution in [0, 0.1) is 11.7 Å². The zero-order chi connectivity index (χ0) is 12.4. The Morgan fingerprint density at radius 2 is 2.29 bits per heavy atom. The summed E-state index contributed by atoms with van der Waals surface area (Å²) in [7, 11) is 1.48. The van der Waals surface area contributed by atoms with Crippen LogP contribution in [0.4, 0.5) is 4.39 Å². The predicted octanol–water partition coefficient (Wildman–Crippen LogP) is 3.28. The molecule has 1 saturated carbocycles. The molecule has 0 aliphatic heterocycles. The number of ether oxygens (including phenoxy) is 1. The van der Waals surface area contributed by atoms with E-state index < -0.39 is 0 Å². The molecule has 0 saturated heterocycles. The van der Waals surface area contributed by atoms with Gasteiger partial charge >= 0.3 is 0 Å². The summed E-state index contributed by atoms with van der Waals surface area (Å²) < 4.78 is 18.5. The Morgan fingerprint density at radius 1 is 1.53 bits per heavy atom. The molecule has 0 amide bonds. The third-order valence-electron chi connectivity index (χ3n) is 3.59. The highest BCUT2D eigenvalue weighted by Crippen LogP contribution is 2.35. The van der Waals surface area contributed by atoms with E-state index in [2.05, 4.69) is 19.2 Å². The second-order valence-electron chi connectivity index (χ2n) is 4.79. The maximum absolute atomic E-state index is 13.6. The van der Waals surface area contributed by atoms with Gasteiger partial charge in [-0.05, 0) is 37.0 Å². The number of nitrogens with one attached hydrogen (secondary N) is 1. The van der Waals surface area contributed by atoms with Crippen LogP contribution >= 0.6 is 0 Å². The molecule has 0 spiro atoms. The zero-order valence-corrected chi connectivity index (χ0v) is 10.7. The van der Waals surface area contributed by atoms with E-state index in [9.17, 15) is 4.39 Å². The molecular weight excluding hydrogens is 217 g/mol. The second kappa shape index (κ2) is 5.05. The summed E-state index contributed by atoms with van der Waals surface area (Å²) in [6, 6.07) is 5.97. The van der Waals surface area contributed by atoms with Gasteiger partial charge < -0.3 is 10.1 Å². The topological polar surface area (TPSA) is 21.3 Å². The van der Waals surface area contributed by atoms with Crippen LogP contribution in [-0.4, -0.2) is 13.2 Å². The molecule has 0 bridgehead atoms. The van der Waals surface area contributed by atoms with Crippen LogP contribution in [0.3, 0.4) is 0 Å². The van der Waals surface area contributed by atoms with Gasteiger partial charge in [-0.2, -0.15) is 0 Å². The van der Waals surface area contributed by atoms with E-state index in [-0.39, 0.29) is 11.9 Å². The van der Waals surface area contributed by atoms with Gasteiger partial charge in [-0.1, -0.05) is 19.4 Å². The lowest BCUT2D eigenvalue weighted by Gasteiger charge is -2.15. The van der Waals surface area contributed by atoms with E-state index in [0.717, 1.165) is 11.5 Å². The quantitative estimate of drug-likeness (QED) is 0.848. The molecule has 2 nitrogen and oxygen atoms in total. The van der Waals surface area contributed by atoms with E-state index in [0.29, 0.717) is 11.8 Å². The number of hydrogen-bond acceptors (Lipinski definition) is 2. The molecule has 1 aromatic carbocycles. The van der Waals surface area contributed by atoms with Crippen LogP contribution in [0.1, 0.15) is 38.3 Å². The van der Waals surface area contributed by atoms with E-state index in [1.54, 1.807) is 12.1 Å². The Balaban J connectivity index is 1.99. The molecule has 94 valence electrons. The Bertz CT molecular complexity index is 394. The van der Waals surface area contributed by atoms with E-state index in [1.807, 2.05) is 6.07 Å². The maximum Gasteiger partial charge on any atom is 0.165 e. The Kier molecular flexibility index (Phi) is 3.67. The van der Waals surface area contributed by atoms with Crippen molar-refractivity contribution in [3.05, 3.63) is 29.6 Å². The van der Waals surface area contributed by atoms with Crippen molar-refractivity contribution in [3.63, 3.8) is 0 Å². The van der Waals surface area contributed by atoms with Gasteiger partial charge in [0, 0.05) is 12.1 Å². The fourth-order valence-corrected chi connectivity index (χ4v) is 2.27. The molecule has 0 aromatic heterocycles. The summed E-state index contributed by atoms with van der Waals surface area (Å²) in [4.78, 5) is 0. The fourth-order valence-electron chi connectivity index (χ4n) is 2.27. The van der Waals surface area contributed by atoms with Crippen LogP contribution in [0.5, 0.6) is 5.75 Å². The lowest BCUT2D eigenvalue weighted by atomic mass is 10.1. The summed E-state index contributed by atoms with van der Waals surface area (Å²) in [5.41, 5.74) is 0.977. The highest BCUT2D eigenvalue weighted by molar-refractivity contribution is 5.31. The van der Waals surface area contributed by atoms with Crippen molar-refractivity contribution >= 4 is 0 Å².